The second-order valence-corrected chi connectivity index (χ2v) is 5.60. The molecule has 0 aliphatic rings. The second kappa shape index (κ2) is 6.83. The molecule has 1 aromatic carbocycles. The molecule has 2 aromatic rings. The van der Waals surface area contributed by atoms with E-state index in [4.69, 9.17) is 0 Å². The molecule has 0 spiro atoms. The highest BCUT2D eigenvalue weighted by Gasteiger charge is 2.16. The molecule has 1 atom stereocenters. The molecule has 1 heterocycles. The smallest absolute Gasteiger partial charge is 0.130 e. The predicted octanol–water partition coefficient (Wildman–Crippen LogP) is 4.48. The first-order chi connectivity index (χ1) is 9.22. The van der Waals surface area contributed by atoms with E-state index in [-0.39, 0.29) is 11.9 Å². The molecule has 1 nitrogen and oxygen atoms in total. The number of rotatable bonds is 6. The molecule has 1 unspecified atom stereocenters. The van der Waals surface area contributed by atoms with Gasteiger partial charge in [-0.25, -0.2) is 4.39 Å². The van der Waals surface area contributed by atoms with Crippen LogP contribution in [0.2, 0.25) is 0 Å². The lowest BCUT2D eigenvalue weighted by Gasteiger charge is -2.20. The summed E-state index contributed by atoms with van der Waals surface area (Å²) < 4.78 is 14.3. The molecule has 0 aliphatic carbocycles. The van der Waals surface area contributed by atoms with E-state index >= 15 is 0 Å². The topological polar surface area (TPSA) is 12.0 Å². The average molecular weight is 277 g/mol. The summed E-state index contributed by atoms with van der Waals surface area (Å²) in [6.45, 7) is 4.85. The highest BCUT2D eigenvalue weighted by atomic mass is 32.1. The minimum absolute atomic E-state index is 0.0504. The highest BCUT2D eigenvalue weighted by molar-refractivity contribution is 7.07. The van der Waals surface area contributed by atoms with Crippen LogP contribution in [0.1, 0.15) is 36.1 Å². The summed E-state index contributed by atoms with van der Waals surface area (Å²) in [5.74, 6) is -0.0775. The first-order valence-corrected chi connectivity index (χ1v) is 7.66. The van der Waals surface area contributed by atoms with E-state index in [1.165, 1.54) is 5.56 Å². The van der Waals surface area contributed by atoms with Crippen LogP contribution < -0.4 is 5.32 Å². The molecule has 0 bridgehead atoms. The molecule has 0 radical (unpaired) electrons. The van der Waals surface area contributed by atoms with Gasteiger partial charge in [0.2, 0.25) is 0 Å². The highest BCUT2D eigenvalue weighted by Crippen LogP contribution is 2.24. The molecule has 0 fully saturated rings. The maximum absolute atomic E-state index is 14.3. The van der Waals surface area contributed by atoms with Crippen LogP contribution in [0.25, 0.3) is 0 Å². The monoisotopic (exact) mass is 277 g/mol. The lowest BCUT2D eigenvalue weighted by atomic mass is 9.98. The zero-order chi connectivity index (χ0) is 13.7. The van der Waals surface area contributed by atoms with Crippen molar-refractivity contribution in [3.05, 3.63) is 57.5 Å². The molecule has 19 heavy (non-hydrogen) atoms. The fourth-order valence-corrected chi connectivity index (χ4v) is 2.88. The van der Waals surface area contributed by atoms with E-state index in [0.29, 0.717) is 5.56 Å². The van der Waals surface area contributed by atoms with Crippen molar-refractivity contribution in [2.45, 2.75) is 32.7 Å². The first kappa shape index (κ1) is 14.2. The summed E-state index contributed by atoms with van der Waals surface area (Å²) >= 11 is 1.69. The van der Waals surface area contributed by atoms with Crippen molar-refractivity contribution in [2.24, 2.45) is 0 Å². The van der Waals surface area contributed by atoms with Gasteiger partial charge in [0.25, 0.3) is 0 Å². The molecule has 1 aromatic heterocycles. The third kappa shape index (κ3) is 3.64. The summed E-state index contributed by atoms with van der Waals surface area (Å²) in [6.07, 6.45) is 1.89. The lowest BCUT2D eigenvalue weighted by molar-refractivity contribution is 0.495. The van der Waals surface area contributed by atoms with Gasteiger partial charge < -0.3 is 5.32 Å². The number of hydrogen-bond acceptors (Lipinski definition) is 2. The van der Waals surface area contributed by atoms with Crippen LogP contribution in [0.15, 0.2) is 35.0 Å². The molecular weight excluding hydrogens is 257 g/mol. The second-order valence-electron chi connectivity index (χ2n) is 4.82. The minimum Gasteiger partial charge on any atom is -0.310 e. The zero-order valence-electron chi connectivity index (χ0n) is 11.4. The van der Waals surface area contributed by atoms with Crippen LogP contribution in [0.5, 0.6) is 0 Å². The van der Waals surface area contributed by atoms with E-state index in [1.807, 2.05) is 25.1 Å². The van der Waals surface area contributed by atoms with Gasteiger partial charge in [0.1, 0.15) is 5.82 Å². The van der Waals surface area contributed by atoms with Gasteiger partial charge in [-0.3, -0.25) is 0 Å². The maximum atomic E-state index is 14.3. The summed E-state index contributed by atoms with van der Waals surface area (Å²) in [4.78, 5) is 0. The Morgan fingerprint density at radius 3 is 2.84 bits per heavy atom. The average Bonchev–Trinajstić information content (AvgIpc) is 2.91. The van der Waals surface area contributed by atoms with Crippen molar-refractivity contribution in [3.8, 4) is 0 Å². The fraction of sp³-hybridized carbons (Fsp3) is 0.375. The van der Waals surface area contributed by atoms with Crippen molar-refractivity contribution in [3.63, 3.8) is 0 Å². The van der Waals surface area contributed by atoms with Crippen LogP contribution in [-0.2, 0) is 6.42 Å². The van der Waals surface area contributed by atoms with Gasteiger partial charge >= 0.3 is 0 Å². The van der Waals surface area contributed by atoms with Crippen molar-refractivity contribution in [1.82, 2.24) is 5.32 Å². The van der Waals surface area contributed by atoms with Crippen molar-refractivity contribution >= 4 is 11.3 Å². The molecule has 2 rings (SSSR count). The van der Waals surface area contributed by atoms with Crippen LogP contribution in [0.3, 0.4) is 0 Å². The van der Waals surface area contributed by atoms with Gasteiger partial charge in [-0.1, -0.05) is 25.1 Å². The van der Waals surface area contributed by atoms with Crippen LogP contribution >= 0.6 is 11.3 Å². The van der Waals surface area contributed by atoms with Gasteiger partial charge in [-0.15, -0.1) is 0 Å². The Labute approximate surface area is 118 Å². The normalized spacial score (nSPS) is 12.6. The van der Waals surface area contributed by atoms with Crippen molar-refractivity contribution in [2.75, 3.05) is 6.54 Å². The summed E-state index contributed by atoms with van der Waals surface area (Å²) in [5.41, 5.74) is 2.75. The third-order valence-electron chi connectivity index (χ3n) is 3.26. The maximum Gasteiger partial charge on any atom is 0.130 e. The lowest BCUT2D eigenvalue weighted by Crippen LogP contribution is -2.25. The van der Waals surface area contributed by atoms with E-state index in [9.17, 15) is 4.39 Å². The van der Waals surface area contributed by atoms with E-state index in [0.717, 1.165) is 24.9 Å². The molecule has 0 amide bonds. The van der Waals surface area contributed by atoms with Crippen molar-refractivity contribution < 1.29 is 4.39 Å². The van der Waals surface area contributed by atoms with E-state index < -0.39 is 0 Å². The number of nitrogens with one attached hydrogen (secondary N) is 1. The Morgan fingerprint density at radius 2 is 2.16 bits per heavy atom. The van der Waals surface area contributed by atoms with Crippen LogP contribution in [0.4, 0.5) is 4.39 Å². The Bertz CT molecular complexity index is 507. The van der Waals surface area contributed by atoms with Gasteiger partial charge in [-0.05, 0) is 54.3 Å². The predicted molar refractivity (Wildman–Crippen MR) is 80.2 cm³/mol. The van der Waals surface area contributed by atoms with E-state index in [2.05, 4.69) is 29.1 Å². The Balaban J connectivity index is 2.23. The van der Waals surface area contributed by atoms with Crippen molar-refractivity contribution in [1.29, 1.82) is 0 Å². The fourth-order valence-electron chi connectivity index (χ4n) is 2.19. The van der Waals surface area contributed by atoms with E-state index in [1.54, 1.807) is 11.3 Å². The molecule has 1 N–H and O–H groups in total. The largest absolute Gasteiger partial charge is 0.310 e. The van der Waals surface area contributed by atoms with Gasteiger partial charge in [0.15, 0.2) is 0 Å². The molecule has 0 saturated carbocycles. The van der Waals surface area contributed by atoms with Gasteiger partial charge in [0, 0.05) is 11.6 Å². The van der Waals surface area contributed by atoms with Gasteiger partial charge in [0.05, 0.1) is 0 Å². The number of benzene rings is 1. The Hall–Kier alpha value is -1.19. The summed E-state index contributed by atoms with van der Waals surface area (Å²) in [5, 5.41) is 7.66. The standard InChI is InChI=1S/C16H20FNS/c1-3-8-18-15(10-13-7-9-19-11-13)14-6-4-5-12(2)16(14)17/h4-7,9,11,15,18H,3,8,10H2,1-2H3. The summed E-state index contributed by atoms with van der Waals surface area (Å²) in [7, 11) is 0. The third-order valence-corrected chi connectivity index (χ3v) is 3.99. The SMILES string of the molecule is CCCNC(Cc1ccsc1)c1cccc(C)c1F. The quantitative estimate of drug-likeness (QED) is 0.821. The number of aryl methyl sites for hydroxylation is 1. The van der Waals surface area contributed by atoms with Gasteiger partial charge in [-0.2, -0.15) is 11.3 Å². The molecule has 102 valence electrons. The van der Waals surface area contributed by atoms with Crippen LogP contribution in [0, 0.1) is 12.7 Å². The number of halogens is 1. The molecule has 3 heteroatoms. The molecular formula is C16H20FNS. The number of thiophene rings is 1. The zero-order valence-corrected chi connectivity index (χ0v) is 12.3. The Kier molecular flexibility index (Phi) is 5.11. The summed E-state index contributed by atoms with van der Waals surface area (Å²) in [6, 6.07) is 7.80. The number of hydrogen-bond donors (Lipinski definition) is 1. The minimum atomic E-state index is -0.0775. The first-order valence-electron chi connectivity index (χ1n) is 6.71. The molecule has 0 aliphatic heterocycles. The Morgan fingerprint density at radius 1 is 1.32 bits per heavy atom. The molecule has 0 saturated heterocycles. The van der Waals surface area contributed by atoms with Crippen LogP contribution in [-0.4, -0.2) is 6.54 Å².